The number of anilines is 1. The van der Waals surface area contributed by atoms with Crippen molar-refractivity contribution in [3.05, 3.63) is 82.9 Å². The molecule has 1 atom stereocenters. The molecule has 0 aliphatic heterocycles. The first-order valence-electron chi connectivity index (χ1n) is 7.20. The Balaban J connectivity index is 2.03. The summed E-state index contributed by atoms with van der Waals surface area (Å²) in [4.78, 5) is 19.0. The first-order valence-corrected chi connectivity index (χ1v) is 7.99. The number of benzene rings is 1. The van der Waals surface area contributed by atoms with Crippen molar-refractivity contribution in [3.63, 3.8) is 0 Å². The number of aromatic nitrogens is 1. The van der Waals surface area contributed by atoms with Crippen LogP contribution in [0.25, 0.3) is 0 Å². The van der Waals surface area contributed by atoms with Crippen molar-refractivity contribution in [1.82, 2.24) is 4.98 Å². The Hall–Kier alpha value is -2.40. The molecule has 3 rings (SSSR count). The molecule has 0 spiro atoms. The lowest BCUT2D eigenvalue weighted by Gasteiger charge is -2.27. The van der Waals surface area contributed by atoms with Crippen LogP contribution in [0.5, 0.6) is 0 Å². The summed E-state index contributed by atoms with van der Waals surface area (Å²) in [7, 11) is 0. The van der Waals surface area contributed by atoms with E-state index in [0.29, 0.717) is 17.1 Å². The number of carbonyl (C=O) groups is 1. The highest BCUT2D eigenvalue weighted by atomic mass is 79.9. The molecule has 1 amide bonds. The van der Waals surface area contributed by atoms with E-state index in [1.54, 1.807) is 29.5 Å². The Morgan fingerprint density at radius 3 is 2.70 bits per heavy atom. The lowest BCUT2D eigenvalue weighted by atomic mass is 10.1. The summed E-state index contributed by atoms with van der Waals surface area (Å²) in [6, 6.07) is 16.2. The molecular weight excluding hydrogens is 356 g/mol. The van der Waals surface area contributed by atoms with Crippen LogP contribution < -0.4 is 4.90 Å². The molecule has 0 aliphatic carbocycles. The molecule has 4 nitrogen and oxygen atoms in total. The Labute approximate surface area is 142 Å². The largest absolute Gasteiger partial charge is 0.467 e. The predicted molar refractivity (Wildman–Crippen MR) is 92.3 cm³/mol. The van der Waals surface area contributed by atoms with Gasteiger partial charge in [0.1, 0.15) is 11.6 Å². The predicted octanol–water partition coefficient (Wildman–Crippen LogP) is 4.85. The molecular formula is C18H15BrN2O2. The van der Waals surface area contributed by atoms with Crippen molar-refractivity contribution >= 4 is 27.7 Å². The maximum Gasteiger partial charge on any atom is 0.260 e. The van der Waals surface area contributed by atoms with Gasteiger partial charge in [-0.3, -0.25) is 9.69 Å². The number of nitrogens with zero attached hydrogens (tertiary/aromatic N) is 2. The molecule has 0 aliphatic rings. The molecule has 0 N–H and O–H groups in total. The van der Waals surface area contributed by atoms with E-state index in [9.17, 15) is 4.79 Å². The number of hydrogen-bond donors (Lipinski definition) is 0. The minimum Gasteiger partial charge on any atom is -0.467 e. The van der Waals surface area contributed by atoms with Crippen LogP contribution in [0.2, 0.25) is 0 Å². The lowest BCUT2D eigenvalue weighted by Crippen LogP contribution is -2.34. The fraction of sp³-hybridized carbons (Fsp3) is 0.111. The molecule has 2 aromatic heterocycles. The smallest absolute Gasteiger partial charge is 0.260 e. The van der Waals surface area contributed by atoms with Crippen LogP contribution in [-0.4, -0.2) is 10.9 Å². The first-order chi connectivity index (χ1) is 11.2. The van der Waals surface area contributed by atoms with Gasteiger partial charge in [-0.1, -0.05) is 28.1 Å². The Morgan fingerprint density at radius 1 is 1.17 bits per heavy atom. The van der Waals surface area contributed by atoms with E-state index < -0.39 is 0 Å². The number of amides is 1. The Morgan fingerprint density at radius 2 is 2.04 bits per heavy atom. The maximum absolute atomic E-state index is 13.1. The molecule has 0 saturated heterocycles. The minimum atomic E-state index is -0.272. The van der Waals surface area contributed by atoms with E-state index >= 15 is 0 Å². The highest BCUT2D eigenvalue weighted by Gasteiger charge is 2.27. The molecule has 0 saturated carbocycles. The van der Waals surface area contributed by atoms with Crippen LogP contribution in [0, 0.1) is 0 Å². The molecule has 2 heterocycles. The van der Waals surface area contributed by atoms with Crippen LogP contribution in [0.4, 0.5) is 5.82 Å². The van der Waals surface area contributed by atoms with Crippen LogP contribution in [-0.2, 0) is 0 Å². The second kappa shape index (κ2) is 6.79. The van der Waals surface area contributed by atoms with Crippen LogP contribution in [0.1, 0.15) is 29.1 Å². The topological polar surface area (TPSA) is 46.3 Å². The third kappa shape index (κ3) is 3.35. The molecule has 23 heavy (non-hydrogen) atoms. The zero-order valence-electron chi connectivity index (χ0n) is 12.5. The zero-order chi connectivity index (χ0) is 16.2. The van der Waals surface area contributed by atoms with Crippen LogP contribution in [0.3, 0.4) is 0 Å². The fourth-order valence-electron chi connectivity index (χ4n) is 2.39. The van der Waals surface area contributed by atoms with Gasteiger partial charge in [0.2, 0.25) is 0 Å². The number of halogens is 1. The van der Waals surface area contributed by atoms with Crippen molar-refractivity contribution in [1.29, 1.82) is 0 Å². The van der Waals surface area contributed by atoms with E-state index in [1.807, 2.05) is 49.4 Å². The first kappa shape index (κ1) is 15.5. The summed E-state index contributed by atoms with van der Waals surface area (Å²) in [5.41, 5.74) is 0.587. The quantitative estimate of drug-likeness (QED) is 0.659. The van der Waals surface area contributed by atoms with Gasteiger partial charge in [-0.05, 0) is 49.4 Å². The molecule has 0 bridgehead atoms. The number of carbonyl (C=O) groups excluding carboxylic acids is 1. The minimum absolute atomic E-state index is 0.131. The van der Waals surface area contributed by atoms with Gasteiger partial charge in [0.15, 0.2) is 0 Å². The second-order valence-corrected chi connectivity index (χ2v) is 5.98. The van der Waals surface area contributed by atoms with Gasteiger partial charge in [-0.2, -0.15) is 0 Å². The molecule has 3 aromatic rings. The molecule has 1 aromatic carbocycles. The third-order valence-electron chi connectivity index (χ3n) is 3.53. The van der Waals surface area contributed by atoms with Crippen LogP contribution >= 0.6 is 15.9 Å². The zero-order valence-corrected chi connectivity index (χ0v) is 14.1. The highest BCUT2D eigenvalue weighted by molar-refractivity contribution is 9.10. The normalized spacial score (nSPS) is 11.9. The van der Waals surface area contributed by atoms with Crippen molar-refractivity contribution in [2.24, 2.45) is 0 Å². The van der Waals surface area contributed by atoms with E-state index in [-0.39, 0.29) is 11.9 Å². The van der Waals surface area contributed by atoms with Gasteiger partial charge in [0.25, 0.3) is 5.91 Å². The van der Waals surface area contributed by atoms with Gasteiger partial charge in [0.05, 0.1) is 12.3 Å². The number of furan rings is 1. The average molecular weight is 371 g/mol. The fourth-order valence-corrected chi connectivity index (χ4v) is 2.79. The van der Waals surface area contributed by atoms with Gasteiger partial charge < -0.3 is 4.42 Å². The monoisotopic (exact) mass is 370 g/mol. The summed E-state index contributed by atoms with van der Waals surface area (Å²) in [5, 5.41) is 0. The van der Waals surface area contributed by atoms with Gasteiger partial charge in [-0.15, -0.1) is 0 Å². The molecule has 0 radical (unpaired) electrons. The van der Waals surface area contributed by atoms with Crippen LogP contribution in [0.15, 0.2) is 75.9 Å². The molecule has 0 unspecified atom stereocenters. The average Bonchev–Trinajstić information content (AvgIpc) is 3.10. The molecule has 116 valence electrons. The Kier molecular flexibility index (Phi) is 4.57. The molecule has 5 heteroatoms. The van der Waals surface area contributed by atoms with Gasteiger partial charge in [-0.25, -0.2) is 4.98 Å². The Bertz CT molecular complexity index is 788. The van der Waals surface area contributed by atoms with Gasteiger partial charge in [0, 0.05) is 16.2 Å². The number of rotatable bonds is 4. The van der Waals surface area contributed by atoms with Crippen molar-refractivity contribution in [2.75, 3.05) is 4.90 Å². The molecule has 0 fully saturated rings. The van der Waals surface area contributed by atoms with E-state index in [0.717, 1.165) is 4.47 Å². The summed E-state index contributed by atoms with van der Waals surface area (Å²) >= 11 is 3.41. The third-order valence-corrected chi connectivity index (χ3v) is 4.02. The maximum atomic E-state index is 13.1. The summed E-state index contributed by atoms with van der Waals surface area (Å²) in [6.45, 7) is 1.92. The number of pyridine rings is 1. The van der Waals surface area contributed by atoms with E-state index in [1.165, 1.54) is 0 Å². The summed E-state index contributed by atoms with van der Waals surface area (Å²) < 4.78 is 6.33. The van der Waals surface area contributed by atoms with Crippen molar-refractivity contribution in [3.8, 4) is 0 Å². The lowest BCUT2D eigenvalue weighted by molar-refractivity contribution is 0.0974. The van der Waals surface area contributed by atoms with Gasteiger partial charge >= 0.3 is 0 Å². The second-order valence-electron chi connectivity index (χ2n) is 5.06. The van der Waals surface area contributed by atoms with Crippen molar-refractivity contribution < 1.29 is 9.21 Å². The number of hydrogen-bond acceptors (Lipinski definition) is 3. The summed E-state index contributed by atoms with van der Waals surface area (Å²) in [5.74, 6) is 1.16. The van der Waals surface area contributed by atoms with Crippen molar-refractivity contribution in [2.45, 2.75) is 13.0 Å². The highest BCUT2D eigenvalue weighted by Crippen LogP contribution is 2.28. The van der Waals surface area contributed by atoms with E-state index in [4.69, 9.17) is 4.42 Å². The summed E-state index contributed by atoms with van der Waals surface area (Å²) in [6.07, 6.45) is 3.28. The SMILES string of the molecule is C[C@H](c1ccco1)N(C(=O)c1cccc(Br)c1)c1ccccn1. The standard InChI is InChI=1S/C18H15BrN2O2/c1-13(16-8-5-11-23-16)21(17-9-2-3-10-20-17)18(22)14-6-4-7-15(19)12-14/h2-13H,1H3/t13-/m1/s1. The van der Waals surface area contributed by atoms with E-state index in [2.05, 4.69) is 20.9 Å².